The smallest absolute Gasteiger partial charge is 0.0431 e. The van der Waals surface area contributed by atoms with Crippen molar-refractivity contribution in [2.75, 3.05) is 6.61 Å². The zero-order valence-corrected chi connectivity index (χ0v) is 8.10. The van der Waals surface area contributed by atoms with Crippen LogP contribution in [0.3, 0.4) is 0 Å². The molecule has 0 saturated carbocycles. The van der Waals surface area contributed by atoms with E-state index in [0.717, 1.165) is 6.42 Å². The van der Waals surface area contributed by atoms with Gasteiger partial charge in [-0.1, -0.05) is 24.5 Å². The molecule has 1 aliphatic rings. The number of rotatable bonds is 7. The summed E-state index contributed by atoms with van der Waals surface area (Å²) in [5, 5.41) is 8.59. The lowest BCUT2D eigenvalue weighted by atomic mass is 10.2. The van der Waals surface area contributed by atoms with Crippen molar-refractivity contribution < 1.29 is 5.11 Å². The van der Waals surface area contributed by atoms with Gasteiger partial charge in [0.2, 0.25) is 0 Å². The predicted octanol–water partition coefficient (Wildman–Crippen LogP) is 3.04. The van der Waals surface area contributed by atoms with E-state index in [0.29, 0.717) is 6.61 Å². The zero-order valence-electron chi connectivity index (χ0n) is 8.10. The normalized spacial score (nSPS) is 15.5. The van der Waals surface area contributed by atoms with Crippen LogP contribution in [0.1, 0.15) is 51.9 Å². The summed E-state index contributed by atoms with van der Waals surface area (Å²) >= 11 is 0. The maximum Gasteiger partial charge on any atom is 0.0431 e. The average molecular weight is 168 g/mol. The minimum atomic E-state index is 0.359. The van der Waals surface area contributed by atoms with Crippen molar-refractivity contribution in [2.45, 2.75) is 51.9 Å². The average Bonchev–Trinajstić information content (AvgIpc) is 2.81. The molecule has 0 atom stereocenters. The summed E-state index contributed by atoms with van der Waals surface area (Å²) in [5.41, 5.74) is 3.41. The van der Waals surface area contributed by atoms with Crippen LogP contribution in [0.2, 0.25) is 0 Å². The number of unbranched alkanes of at least 4 members (excludes halogenated alkanes) is 2. The molecule has 1 N–H and O–H groups in total. The maximum atomic E-state index is 8.59. The van der Waals surface area contributed by atoms with Gasteiger partial charge in [0.05, 0.1) is 0 Å². The molecule has 0 aromatic rings. The van der Waals surface area contributed by atoms with Crippen molar-refractivity contribution in [3.63, 3.8) is 0 Å². The van der Waals surface area contributed by atoms with Crippen LogP contribution in [-0.2, 0) is 0 Å². The predicted molar refractivity (Wildman–Crippen MR) is 52.1 cm³/mol. The molecule has 0 saturated heterocycles. The third-order valence-corrected chi connectivity index (χ3v) is 2.52. The quantitative estimate of drug-likeness (QED) is 0.457. The molecule has 0 bridgehead atoms. The molecule has 0 aliphatic heterocycles. The van der Waals surface area contributed by atoms with Gasteiger partial charge in [-0.15, -0.1) is 0 Å². The maximum absolute atomic E-state index is 8.59. The SMILES string of the molecule is CCCCC1=C(CCCCO)C1. The summed E-state index contributed by atoms with van der Waals surface area (Å²) in [7, 11) is 0. The van der Waals surface area contributed by atoms with Gasteiger partial charge in [-0.25, -0.2) is 0 Å². The van der Waals surface area contributed by atoms with Crippen LogP contribution in [-0.4, -0.2) is 11.7 Å². The molecule has 12 heavy (non-hydrogen) atoms. The number of allylic oxidation sites excluding steroid dienone is 2. The first kappa shape index (κ1) is 9.79. The van der Waals surface area contributed by atoms with E-state index < -0.39 is 0 Å². The lowest BCUT2D eigenvalue weighted by Crippen LogP contribution is -1.80. The van der Waals surface area contributed by atoms with Crippen molar-refractivity contribution in [3.8, 4) is 0 Å². The van der Waals surface area contributed by atoms with Crippen molar-refractivity contribution in [1.29, 1.82) is 0 Å². The minimum absolute atomic E-state index is 0.359. The highest BCUT2D eigenvalue weighted by Gasteiger charge is 2.18. The highest BCUT2D eigenvalue weighted by Crippen LogP contribution is 2.38. The molecule has 1 heteroatoms. The topological polar surface area (TPSA) is 20.2 Å². The van der Waals surface area contributed by atoms with Gasteiger partial charge >= 0.3 is 0 Å². The van der Waals surface area contributed by atoms with Gasteiger partial charge in [0.15, 0.2) is 0 Å². The van der Waals surface area contributed by atoms with Crippen molar-refractivity contribution in [3.05, 3.63) is 11.1 Å². The monoisotopic (exact) mass is 168 g/mol. The van der Waals surface area contributed by atoms with Gasteiger partial charge in [-0.2, -0.15) is 0 Å². The fourth-order valence-corrected chi connectivity index (χ4v) is 1.58. The molecule has 1 nitrogen and oxygen atoms in total. The summed E-state index contributed by atoms with van der Waals surface area (Å²) in [6.45, 7) is 2.60. The van der Waals surface area contributed by atoms with E-state index in [9.17, 15) is 0 Å². The van der Waals surface area contributed by atoms with E-state index in [2.05, 4.69) is 6.92 Å². The second-order valence-electron chi connectivity index (χ2n) is 3.67. The number of hydrogen-bond acceptors (Lipinski definition) is 1. The van der Waals surface area contributed by atoms with Gasteiger partial charge in [-0.05, 0) is 38.5 Å². The fraction of sp³-hybridized carbons (Fsp3) is 0.818. The molecule has 1 aliphatic carbocycles. The van der Waals surface area contributed by atoms with E-state index >= 15 is 0 Å². The standard InChI is InChI=1S/C11H20O/c1-2-3-6-10-9-11(10)7-4-5-8-12/h12H,2-9H2,1H3. The molecule has 0 heterocycles. The summed E-state index contributed by atoms with van der Waals surface area (Å²) in [5.74, 6) is 0. The van der Waals surface area contributed by atoms with E-state index in [4.69, 9.17) is 5.11 Å². The zero-order chi connectivity index (χ0) is 8.81. The van der Waals surface area contributed by atoms with Crippen LogP contribution < -0.4 is 0 Å². The Kier molecular flexibility index (Phi) is 4.37. The van der Waals surface area contributed by atoms with Crippen LogP contribution in [0.25, 0.3) is 0 Å². The first-order valence-corrected chi connectivity index (χ1v) is 5.19. The van der Waals surface area contributed by atoms with E-state index in [1.165, 1.54) is 38.5 Å². The Morgan fingerprint density at radius 2 is 1.75 bits per heavy atom. The van der Waals surface area contributed by atoms with Crippen LogP contribution in [0, 0.1) is 0 Å². The Morgan fingerprint density at radius 1 is 1.08 bits per heavy atom. The molecule has 0 aromatic heterocycles. The van der Waals surface area contributed by atoms with Crippen LogP contribution in [0.4, 0.5) is 0 Å². The minimum Gasteiger partial charge on any atom is -0.396 e. The van der Waals surface area contributed by atoms with Crippen LogP contribution >= 0.6 is 0 Å². The first-order valence-electron chi connectivity index (χ1n) is 5.19. The Hall–Kier alpha value is -0.300. The highest BCUT2D eigenvalue weighted by molar-refractivity contribution is 5.34. The third-order valence-electron chi connectivity index (χ3n) is 2.52. The summed E-state index contributed by atoms with van der Waals surface area (Å²) in [4.78, 5) is 0. The van der Waals surface area contributed by atoms with Gasteiger partial charge < -0.3 is 5.11 Å². The third kappa shape index (κ3) is 3.40. The summed E-state index contributed by atoms with van der Waals surface area (Å²) in [6.07, 6.45) is 8.73. The highest BCUT2D eigenvalue weighted by atomic mass is 16.2. The largest absolute Gasteiger partial charge is 0.396 e. The van der Waals surface area contributed by atoms with Gasteiger partial charge in [0.1, 0.15) is 0 Å². The molecule has 1 rings (SSSR count). The van der Waals surface area contributed by atoms with Crippen LogP contribution in [0.5, 0.6) is 0 Å². The van der Waals surface area contributed by atoms with Crippen molar-refractivity contribution in [2.24, 2.45) is 0 Å². The Morgan fingerprint density at radius 3 is 2.33 bits per heavy atom. The molecular formula is C11H20O. The molecule has 0 aromatic carbocycles. The lowest BCUT2D eigenvalue weighted by molar-refractivity contribution is 0.285. The van der Waals surface area contributed by atoms with E-state index in [1.807, 2.05) is 0 Å². The molecule has 0 unspecified atom stereocenters. The molecule has 0 fully saturated rings. The summed E-state index contributed by atoms with van der Waals surface area (Å²) < 4.78 is 0. The molecular weight excluding hydrogens is 148 g/mol. The molecule has 70 valence electrons. The van der Waals surface area contributed by atoms with E-state index in [-0.39, 0.29) is 0 Å². The molecule has 0 radical (unpaired) electrons. The Balaban J connectivity index is 2.00. The second-order valence-corrected chi connectivity index (χ2v) is 3.67. The van der Waals surface area contributed by atoms with Crippen molar-refractivity contribution in [1.82, 2.24) is 0 Å². The molecule has 0 spiro atoms. The van der Waals surface area contributed by atoms with Crippen LogP contribution in [0.15, 0.2) is 11.1 Å². The van der Waals surface area contributed by atoms with Crippen molar-refractivity contribution >= 4 is 0 Å². The van der Waals surface area contributed by atoms with E-state index in [1.54, 1.807) is 11.1 Å². The fourth-order valence-electron chi connectivity index (χ4n) is 1.58. The molecule has 0 amide bonds. The van der Waals surface area contributed by atoms with Gasteiger partial charge in [-0.3, -0.25) is 0 Å². The van der Waals surface area contributed by atoms with Gasteiger partial charge in [0, 0.05) is 6.61 Å². The van der Waals surface area contributed by atoms with Gasteiger partial charge in [0.25, 0.3) is 0 Å². The number of aliphatic hydroxyl groups is 1. The lowest BCUT2D eigenvalue weighted by Gasteiger charge is -1.91. The number of hydrogen-bond donors (Lipinski definition) is 1. The first-order chi connectivity index (χ1) is 5.88. The Bertz CT molecular complexity index is 158. The summed E-state index contributed by atoms with van der Waals surface area (Å²) in [6, 6.07) is 0. The Labute approximate surface area is 75.5 Å². The number of aliphatic hydroxyl groups excluding tert-OH is 1. The second kappa shape index (κ2) is 5.36.